The Bertz CT molecular complexity index is 830. The van der Waals surface area contributed by atoms with Crippen LogP contribution in [-0.4, -0.2) is 23.8 Å². The number of nitro groups is 1. The van der Waals surface area contributed by atoms with E-state index in [2.05, 4.69) is 10.6 Å². The second-order valence-electron chi connectivity index (χ2n) is 4.95. The summed E-state index contributed by atoms with van der Waals surface area (Å²) in [5, 5.41) is 16.1. The quantitative estimate of drug-likeness (QED) is 0.487. The highest BCUT2D eigenvalue weighted by molar-refractivity contribution is 6.30. The molecule has 0 aromatic heterocycles. The first kappa shape index (κ1) is 18.2. The van der Waals surface area contributed by atoms with Crippen LogP contribution >= 0.6 is 11.6 Å². The van der Waals surface area contributed by atoms with E-state index in [1.54, 1.807) is 24.3 Å². The van der Waals surface area contributed by atoms with Gasteiger partial charge < -0.3 is 10.6 Å². The van der Waals surface area contributed by atoms with Crippen LogP contribution < -0.4 is 10.6 Å². The van der Waals surface area contributed by atoms with Gasteiger partial charge in [-0.25, -0.2) is 0 Å². The highest BCUT2D eigenvalue weighted by atomic mass is 35.5. The van der Waals surface area contributed by atoms with E-state index in [-0.39, 0.29) is 16.9 Å². The number of benzene rings is 2. The molecule has 0 aliphatic rings. The largest absolute Gasteiger partial charge is 0.354 e. The Hall–Kier alpha value is -3.19. The molecule has 0 radical (unpaired) electrons. The molecule has 0 saturated carbocycles. The van der Waals surface area contributed by atoms with Crippen LogP contribution in [0.25, 0.3) is 6.08 Å². The second kappa shape index (κ2) is 8.07. The first-order valence-electron chi connectivity index (χ1n) is 7.16. The Labute approximate surface area is 148 Å². The number of likely N-dealkylation sites (N-methyl/N-ethyl adjacent to an activating group) is 1. The number of non-ortho nitro benzene ring substituents is 1. The van der Waals surface area contributed by atoms with Gasteiger partial charge in [-0.1, -0.05) is 23.7 Å². The Morgan fingerprint density at radius 2 is 1.68 bits per heavy atom. The van der Waals surface area contributed by atoms with Gasteiger partial charge in [0.15, 0.2) is 0 Å². The molecule has 0 aliphatic carbocycles. The van der Waals surface area contributed by atoms with Crippen LogP contribution in [-0.2, 0) is 4.79 Å². The van der Waals surface area contributed by atoms with Gasteiger partial charge in [0.25, 0.3) is 17.5 Å². The third-order valence-electron chi connectivity index (χ3n) is 3.24. The number of hydrogen-bond acceptors (Lipinski definition) is 4. The number of hydrogen-bond donors (Lipinski definition) is 2. The average Bonchev–Trinajstić information content (AvgIpc) is 2.62. The molecule has 7 nitrogen and oxygen atoms in total. The van der Waals surface area contributed by atoms with Crippen LogP contribution in [0.15, 0.2) is 54.2 Å². The van der Waals surface area contributed by atoms with Crippen LogP contribution in [0.3, 0.4) is 0 Å². The van der Waals surface area contributed by atoms with Crippen molar-refractivity contribution < 1.29 is 14.5 Å². The normalized spacial score (nSPS) is 10.9. The lowest BCUT2D eigenvalue weighted by molar-refractivity contribution is -0.384. The lowest BCUT2D eigenvalue weighted by Crippen LogP contribution is -2.33. The van der Waals surface area contributed by atoms with E-state index in [1.807, 2.05) is 0 Å². The summed E-state index contributed by atoms with van der Waals surface area (Å²) in [6.07, 6.45) is 1.50. The van der Waals surface area contributed by atoms with E-state index >= 15 is 0 Å². The molecule has 0 atom stereocenters. The molecular formula is C17H14ClN3O4. The molecule has 128 valence electrons. The van der Waals surface area contributed by atoms with Crippen molar-refractivity contribution in [1.82, 2.24) is 10.6 Å². The SMILES string of the molecule is CNC(=O)C(=Cc1ccc(Cl)cc1)NC(=O)c1ccc([N+](=O)[O-])cc1. The van der Waals surface area contributed by atoms with Crippen LogP contribution in [0, 0.1) is 10.1 Å². The summed E-state index contributed by atoms with van der Waals surface area (Å²) in [7, 11) is 1.44. The van der Waals surface area contributed by atoms with Gasteiger partial charge in [0, 0.05) is 29.8 Å². The monoisotopic (exact) mass is 359 g/mol. The second-order valence-corrected chi connectivity index (χ2v) is 5.38. The number of nitrogens with one attached hydrogen (secondary N) is 2. The fourth-order valence-corrected chi connectivity index (χ4v) is 2.07. The van der Waals surface area contributed by atoms with Crippen LogP contribution in [0.2, 0.25) is 5.02 Å². The summed E-state index contributed by atoms with van der Waals surface area (Å²) in [5.41, 5.74) is 0.775. The standard InChI is InChI=1S/C17H14ClN3O4/c1-19-17(23)15(10-11-2-6-13(18)7-3-11)20-16(22)12-4-8-14(9-5-12)21(24)25/h2-10H,1H3,(H,19,23)(H,20,22). The molecule has 2 N–H and O–H groups in total. The van der Waals surface area contributed by atoms with Gasteiger partial charge in [-0.3, -0.25) is 19.7 Å². The fraction of sp³-hybridized carbons (Fsp3) is 0.0588. The predicted molar refractivity (Wildman–Crippen MR) is 94.1 cm³/mol. The van der Waals surface area contributed by atoms with Crippen molar-refractivity contribution in [2.45, 2.75) is 0 Å². The molecule has 2 aromatic rings. The molecule has 0 aliphatic heterocycles. The van der Waals surface area contributed by atoms with Gasteiger partial charge in [-0.2, -0.15) is 0 Å². The van der Waals surface area contributed by atoms with Crippen molar-refractivity contribution in [1.29, 1.82) is 0 Å². The van der Waals surface area contributed by atoms with Gasteiger partial charge in [0.2, 0.25) is 0 Å². The van der Waals surface area contributed by atoms with E-state index in [0.29, 0.717) is 10.6 Å². The predicted octanol–water partition coefficient (Wildman–Crippen LogP) is 2.77. The van der Waals surface area contributed by atoms with Crippen molar-refractivity contribution in [3.05, 3.63) is 80.5 Å². The highest BCUT2D eigenvalue weighted by Gasteiger charge is 2.14. The lowest BCUT2D eigenvalue weighted by atomic mass is 10.1. The van der Waals surface area contributed by atoms with Gasteiger partial charge in [0.05, 0.1) is 4.92 Å². The summed E-state index contributed by atoms with van der Waals surface area (Å²) in [5.74, 6) is -1.04. The number of nitrogens with zero attached hydrogens (tertiary/aromatic N) is 1. The van der Waals surface area contributed by atoms with Gasteiger partial charge >= 0.3 is 0 Å². The molecule has 0 bridgehead atoms. The minimum Gasteiger partial charge on any atom is -0.354 e. The molecule has 2 rings (SSSR count). The maximum absolute atomic E-state index is 12.3. The number of rotatable bonds is 5. The summed E-state index contributed by atoms with van der Waals surface area (Å²) in [6.45, 7) is 0. The maximum Gasteiger partial charge on any atom is 0.269 e. The molecule has 0 heterocycles. The van der Waals surface area contributed by atoms with E-state index in [9.17, 15) is 19.7 Å². The zero-order valence-electron chi connectivity index (χ0n) is 13.2. The van der Waals surface area contributed by atoms with Crippen molar-refractivity contribution in [2.75, 3.05) is 7.05 Å². The van der Waals surface area contributed by atoms with Crippen LogP contribution in [0.5, 0.6) is 0 Å². The Balaban J connectivity index is 2.24. The first-order chi connectivity index (χ1) is 11.9. The summed E-state index contributed by atoms with van der Waals surface area (Å²) in [6, 6.07) is 11.8. The van der Waals surface area contributed by atoms with E-state index in [0.717, 1.165) is 0 Å². The zero-order valence-corrected chi connectivity index (χ0v) is 13.9. The number of carbonyl (C=O) groups excluding carboxylic acids is 2. The number of halogens is 1. The summed E-state index contributed by atoms with van der Waals surface area (Å²) in [4.78, 5) is 34.4. The minimum absolute atomic E-state index is 0.0353. The molecule has 0 fully saturated rings. The molecule has 8 heteroatoms. The molecule has 25 heavy (non-hydrogen) atoms. The molecule has 0 unspecified atom stereocenters. The molecular weight excluding hydrogens is 346 g/mol. The lowest BCUT2D eigenvalue weighted by Gasteiger charge is -2.09. The van der Waals surface area contributed by atoms with Crippen molar-refractivity contribution in [3.63, 3.8) is 0 Å². The molecule has 2 amide bonds. The summed E-state index contributed by atoms with van der Waals surface area (Å²) < 4.78 is 0. The number of carbonyl (C=O) groups is 2. The Kier molecular flexibility index (Phi) is 5.86. The zero-order chi connectivity index (χ0) is 18.4. The molecule has 0 saturated heterocycles. The van der Waals surface area contributed by atoms with Crippen molar-refractivity contribution >= 4 is 35.2 Å². The number of nitro benzene ring substituents is 1. The van der Waals surface area contributed by atoms with Gasteiger partial charge in [0.1, 0.15) is 5.70 Å². The van der Waals surface area contributed by atoms with Crippen molar-refractivity contribution in [3.8, 4) is 0 Å². The molecule has 2 aromatic carbocycles. The smallest absolute Gasteiger partial charge is 0.269 e. The van der Waals surface area contributed by atoms with E-state index in [4.69, 9.17) is 11.6 Å². The Morgan fingerprint density at radius 1 is 1.08 bits per heavy atom. The van der Waals surface area contributed by atoms with Crippen molar-refractivity contribution in [2.24, 2.45) is 0 Å². The van der Waals surface area contributed by atoms with Gasteiger partial charge in [-0.05, 0) is 35.9 Å². The van der Waals surface area contributed by atoms with Crippen LogP contribution in [0.1, 0.15) is 15.9 Å². The maximum atomic E-state index is 12.3. The fourth-order valence-electron chi connectivity index (χ4n) is 1.95. The minimum atomic E-state index is -0.557. The summed E-state index contributed by atoms with van der Waals surface area (Å²) >= 11 is 5.82. The van der Waals surface area contributed by atoms with E-state index in [1.165, 1.54) is 37.4 Å². The highest BCUT2D eigenvalue weighted by Crippen LogP contribution is 2.14. The Morgan fingerprint density at radius 3 is 2.20 bits per heavy atom. The first-order valence-corrected chi connectivity index (χ1v) is 7.53. The average molecular weight is 360 g/mol. The third-order valence-corrected chi connectivity index (χ3v) is 3.49. The topological polar surface area (TPSA) is 101 Å². The van der Waals surface area contributed by atoms with E-state index < -0.39 is 16.7 Å². The molecule has 0 spiro atoms. The third kappa shape index (κ3) is 4.89. The van der Waals surface area contributed by atoms with Gasteiger partial charge in [-0.15, -0.1) is 0 Å². The van der Waals surface area contributed by atoms with Crippen LogP contribution in [0.4, 0.5) is 5.69 Å². The number of amides is 2.